The molecule has 1 aliphatic heterocycles. The highest BCUT2D eigenvalue weighted by atomic mass is 35.5. The Morgan fingerprint density at radius 3 is 3.07 bits per heavy atom. The van der Waals surface area contributed by atoms with E-state index in [0.717, 1.165) is 19.4 Å². The zero-order valence-corrected chi connectivity index (χ0v) is 9.06. The second-order valence-corrected chi connectivity index (χ2v) is 4.02. The Morgan fingerprint density at radius 1 is 1.53 bits per heavy atom. The SMILES string of the molecule is Fc1cccc(Cl)c1NCC1CCCO1. The number of rotatable bonds is 3. The first-order valence-electron chi connectivity index (χ1n) is 5.07. The fourth-order valence-corrected chi connectivity index (χ4v) is 1.92. The molecule has 0 spiro atoms. The van der Waals surface area contributed by atoms with Crippen LogP contribution in [-0.2, 0) is 4.74 Å². The summed E-state index contributed by atoms with van der Waals surface area (Å²) >= 11 is 5.87. The van der Waals surface area contributed by atoms with Crippen molar-refractivity contribution in [1.29, 1.82) is 0 Å². The first-order chi connectivity index (χ1) is 7.27. The van der Waals surface area contributed by atoms with Crippen molar-refractivity contribution in [2.75, 3.05) is 18.5 Å². The number of para-hydroxylation sites is 1. The number of halogens is 2. The van der Waals surface area contributed by atoms with Gasteiger partial charge in [0.15, 0.2) is 0 Å². The highest BCUT2D eigenvalue weighted by molar-refractivity contribution is 6.33. The maximum absolute atomic E-state index is 13.3. The Kier molecular flexibility index (Phi) is 3.44. The van der Waals surface area contributed by atoms with Crippen molar-refractivity contribution < 1.29 is 9.13 Å². The third-order valence-corrected chi connectivity index (χ3v) is 2.81. The van der Waals surface area contributed by atoms with Gasteiger partial charge >= 0.3 is 0 Å². The van der Waals surface area contributed by atoms with Crippen molar-refractivity contribution in [2.24, 2.45) is 0 Å². The molecule has 1 N–H and O–H groups in total. The Balaban J connectivity index is 1.97. The van der Waals surface area contributed by atoms with Crippen LogP contribution in [0.5, 0.6) is 0 Å². The van der Waals surface area contributed by atoms with Gasteiger partial charge in [0.05, 0.1) is 16.8 Å². The molecule has 1 saturated heterocycles. The number of anilines is 1. The zero-order valence-electron chi connectivity index (χ0n) is 8.30. The molecule has 0 amide bonds. The van der Waals surface area contributed by atoms with Gasteiger partial charge in [-0.15, -0.1) is 0 Å². The van der Waals surface area contributed by atoms with Crippen LogP contribution in [0, 0.1) is 5.82 Å². The zero-order chi connectivity index (χ0) is 10.7. The maximum atomic E-state index is 13.3. The number of hydrogen-bond acceptors (Lipinski definition) is 2. The first kappa shape index (κ1) is 10.7. The molecular formula is C11H13ClFNO. The Morgan fingerprint density at radius 2 is 2.40 bits per heavy atom. The fraction of sp³-hybridized carbons (Fsp3) is 0.455. The van der Waals surface area contributed by atoms with Crippen molar-refractivity contribution in [2.45, 2.75) is 18.9 Å². The Labute approximate surface area is 93.4 Å². The summed E-state index contributed by atoms with van der Waals surface area (Å²) in [5.41, 5.74) is 0.370. The number of nitrogens with one attached hydrogen (secondary N) is 1. The van der Waals surface area contributed by atoms with Crippen LogP contribution in [-0.4, -0.2) is 19.3 Å². The van der Waals surface area contributed by atoms with Crippen molar-refractivity contribution in [3.8, 4) is 0 Å². The predicted molar refractivity (Wildman–Crippen MR) is 58.9 cm³/mol. The van der Waals surface area contributed by atoms with Crippen LogP contribution in [0.4, 0.5) is 10.1 Å². The minimum Gasteiger partial charge on any atom is -0.379 e. The Bertz CT molecular complexity index is 319. The van der Waals surface area contributed by atoms with E-state index < -0.39 is 0 Å². The summed E-state index contributed by atoms with van der Waals surface area (Å²) in [7, 11) is 0. The molecule has 0 aliphatic carbocycles. The minimum atomic E-state index is -0.319. The van der Waals surface area contributed by atoms with E-state index in [0.29, 0.717) is 17.3 Å². The molecule has 0 radical (unpaired) electrons. The topological polar surface area (TPSA) is 21.3 Å². The molecule has 1 unspecified atom stereocenters. The van der Waals surface area contributed by atoms with Crippen LogP contribution >= 0.6 is 11.6 Å². The maximum Gasteiger partial charge on any atom is 0.147 e. The van der Waals surface area contributed by atoms with Gasteiger partial charge in [0, 0.05) is 13.2 Å². The van der Waals surface area contributed by atoms with E-state index in [1.807, 2.05) is 0 Å². The molecule has 1 aromatic carbocycles. The number of ether oxygens (including phenoxy) is 1. The van der Waals surface area contributed by atoms with E-state index >= 15 is 0 Å². The summed E-state index contributed by atoms with van der Waals surface area (Å²) in [5, 5.41) is 3.40. The molecule has 15 heavy (non-hydrogen) atoms. The average molecular weight is 230 g/mol. The molecule has 1 aromatic rings. The molecular weight excluding hydrogens is 217 g/mol. The number of benzene rings is 1. The largest absolute Gasteiger partial charge is 0.379 e. The Hall–Kier alpha value is -0.800. The molecule has 82 valence electrons. The molecule has 4 heteroatoms. The first-order valence-corrected chi connectivity index (χ1v) is 5.44. The molecule has 2 nitrogen and oxygen atoms in total. The van der Waals surface area contributed by atoms with Crippen molar-refractivity contribution in [3.05, 3.63) is 29.0 Å². The van der Waals surface area contributed by atoms with Crippen molar-refractivity contribution in [3.63, 3.8) is 0 Å². The van der Waals surface area contributed by atoms with E-state index in [-0.39, 0.29) is 11.9 Å². The van der Waals surface area contributed by atoms with Gasteiger partial charge in [-0.2, -0.15) is 0 Å². The van der Waals surface area contributed by atoms with Crippen LogP contribution < -0.4 is 5.32 Å². The monoisotopic (exact) mass is 229 g/mol. The van der Waals surface area contributed by atoms with Gasteiger partial charge in [0.2, 0.25) is 0 Å². The van der Waals surface area contributed by atoms with Crippen LogP contribution in [0.2, 0.25) is 5.02 Å². The van der Waals surface area contributed by atoms with Crippen molar-refractivity contribution in [1.82, 2.24) is 0 Å². The second-order valence-electron chi connectivity index (χ2n) is 3.61. The van der Waals surface area contributed by atoms with Crippen LogP contribution in [0.3, 0.4) is 0 Å². The van der Waals surface area contributed by atoms with Crippen LogP contribution in [0.15, 0.2) is 18.2 Å². The van der Waals surface area contributed by atoms with Gasteiger partial charge in [0.25, 0.3) is 0 Å². The lowest BCUT2D eigenvalue weighted by Crippen LogP contribution is -2.19. The number of hydrogen-bond donors (Lipinski definition) is 1. The highest BCUT2D eigenvalue weighted by Crippen LogP contribution is 2.25. The molecule has 1 aliphatic rings. The van der Waals surface area contributed by atoms with Crippen LogP contribution in [0.1, 0.15) is 12.8 Å². The predicted octanol–water partition coefficient (Wildman–Crippen LogP) is 3.07. The normalized spacial score (nSPS) is 20.5. The average Bonchev–Trinajstić information content (AvgIpc) is 2.70. The van der Waals surface area contributed by atoms with Crippen molar-refractivity contribution >= 4 is 17.3 Å². The van der Waals surface area contributed by atoms with E-state index in [9.17, 15) is 4.39 Å². The summed E-state index contributed by atoms with van der Waals surface area (Å²) in [6.45, 7) is 1.41. The summed E-state index contributed by atoms with van der Waals surface area (Å²) in [5.74, 6) is -0.319. The van der Waals surface area contributed by atoms with Gasteiger partial charge in [-0.05, 0) is 25.0 Å². The molecule has 0 bridgehead atoms. The van der Waals surface area contributed by atoms with Crippen LogP contribution in [0.25, 0.3) is 0 Å². The second kappa shape index (κ2) is 4.81. The molecule has 0 saturated carbocycles. The van der Waals surface area contributed by atoms with E-state index in [1.54, 1.807) is 12.1 Å². The summed E-state index contributed by atoms with van der Waals surface area (Å²) in [6.07, 6.45) is 2.29. The van der Waals surface area contributed by atoms with Gasteiger partial charge in [-0.1, -0.05) is 17.7 Å². The summed E-state index contributed by atoms with van der Waals surface area (Å²) in [6, 6.07) is 4.65. The summed E-state index contributed by atoms with van der Waals surface area (Å²) in [4.78, 5) is 0. The lowest BCUT2D eigenvalue weighted by atomic mass is 10.2. The standard InChI is InChI=1S/C11H13ClFNO/c12-9-4-1-5-10(13)11(9)14-7-8-3-2-6-15-8/h1,4-5,8,14H,2-3,6-7H2. The van der Waals surface area contributed by atoms with Gasteiger partial charge < -0.3 is 10.1 Å². The quantitative estimate of drug-likeness (QED) is 0.860. The summed E-state index contributed by atoms with van der Waals surface area (Å²) < 4.78 is 18.8. The van der Waals surface area contributed by atoms with E-state index in [1.165, 1.54) is 6.07 Å². The lowest BCUT2D eigenvalue weighted by Gasteiger charge is -2.13. The van der Waals surface area contributed by atoms with Gasteiger partial charge in [0.1, 0.15) is 5.82 Å². The van der Waals surface area contributed by atoms with Gasteiger partial charge in [-0.25, -0.2) is 4.39 Å². The minimum absolute atomic E-state index is 0.181. The third-order valence-electron chi connectivity index (χ3n) is 2.49. The molecule has 0 aromatic heterocycles. The van der Waals surface area contributed by atoms with E-state index in [4.69, 9.17) is 16.3 Å². The molecule has 2 rings (SSSR count). The van der Waals surface area contributed by atoms with Gasteiger partial charge in [-0.3, -0.25) is 0 Å². The van der Waals surface area contributed by atoms with E-state index in [2.05, 4.69) is 5.32 Å². The molecule has 1 fully saturated rings. The third kappa shape index (κ3) is 2.61. The fourth-order valence-electron chi connectivity index (χ4n) is 1.69. The molecule has 1 atom stereocenters. The lowest BCUT2D eigenvalue weighted by molar-refractivity contribution is 0.120. The highest BCUT2D eigenvalue weighted by Gasteiger charge is 2.16. The smallest absolute Gasteiger partial charge is 0.147 e. The molecule has 1 heterocycles.